The van der Waals surface area contributed by atoms with Crippen LogP contribution in [0.5, 0.6) is 0 Å². The molecule has 1 aromatic rings. The molecule has 0 saturated heterocycles. The molecular weight excluding hydrogens is 244 g/mol. The monoisotopic (exact) mass is 268 g/mol. The summed E-state index contributed by atoms with van der Waals surface area (Å²) in [6.07, 6.45) is 1.97. The minimum Gasteiger partial charge on any atom is -0.384 e. The van der Waals surface area contributed by atoms with Crippen LogP contribution >= 0.6 is 11.8 Å². The van der Waals surface area contributed by atoms with Gasteiger partial charge in [-0.15, -0.1) is 11.8 Å². The third-order valence-corrected chi connectivity index (χ3v) is 3.57. The zero-order valence-electron chi connectivity index (χ0n) is 11.8. The largest absolute Gasteiger partial charge is 0.384 e. The van der Waals surface area contributed by atoms with Crippen LogP contribution in [0.4, 0.5) is 0 Å². The molecule has 1 rings (SSSR count). The second-order valence-electron chi connectivity index (χ2n) is 4.83. The van der Waals surface area contributed by atoms with Gasteiger partial charge in [-0.3, -0.25) is 0 Å². The quantitative estimate of drug-likeness (QED) is 0.581. The third kappa shape index (κ3) is 5.85. The van der Waals surface area contributed by atoms with Crippen molar-refractivity contribution in [1.82, 2.24) is 10.3 Å². The second-order valence-corrected chi connectivity index (χ2v) is 5.92. The number of hydrogen-bond donors (Lipinski definition) is 1. The SMILES string of the molecule is COCCSc1ncc(CNCC(C)C)cc1C. The van der Waals surface area contributed by atoms with E-state index in [1.54, 1.807) is 18.9 Å². The number of thioether (sulfide) groups is 1. The second kappa shape index (κ2) is 8.51. The molecule has 0 amide bonds. The predicted octanol–water partition coefficient (Wildman–Crippen LogP) is 2.87. The van der Waals surface area contributed by atoms with E-state index in [0.29, 0.717) is 5.92 Å². The smallest absolute Gasteiger partial charge is 0.0990 e. The van der Waals surface area contributed by atoms with E-state index in [-0.39, 0.29) is 0 Å². The molecule has 1 N–H and O–H groups in total. The van der Waals surface area contributed by atoms with Gasteiger partial charge in [-0.2, -0.15) is 0 Å². The first kappa shape index (κ1) is 15.5. The number of nitrogens with zero attached hydrogens (tertiary/aromatic N) is 1. The molecule has 0 bridgehead atoms. The van der Waals surface area contributed by atoms with Crippen LogP contribution in [0.15, 0.2) is 17.3 Å². The molecule has 0 aliphatic rings. The van der Waals surface area contributed by atoms with Crippen molar-refractivity contribution in [1.29, 1.82) is 0 Å². The Morgan fingerprint density at radius 2 is 2.22 bits per heavy atom. The summed E-state index contributed by atoms with van der Waals surface area (Å²) in [5, 5.41) is 4.54. The van der Waals surface area contributed by atoms with Crippen molar-refractivity contribution in [3.63, 3.8) is 0 Å². The maximum absolute atomic E-state index is 5.04. The Hall–Kier alpha value is -0.580. The lowest BCUT2D eigenvalue weighted by atomic mass is 10.2. The molecule has 4 heteroatoms. The van der Waals surface area contributed by atoms with Crippen molar-refractivity contribution in [2.45, 2.75) is 32.3 Å². The predicted molar refractivity (Wildman–Crippen MR) is 78.1 cm³/mol. The summed E-state index contributed by atoms with van der Waals surface area (Å²) < 4.78 is 5.04. The summed E-state index contributed by atoms with van der Waals surface area (Å²) in [6, 6.07) is 2.22. The molecule has 0 fully saturated rings. The molecule has 18 heavy (non-hydrogen) atoms. The summed E-state index contributed by atoms with van der Waals surface area (Å²) in [5.74, 6) is 1.64. The van der Waals surface area contributed by atoms with Crippen LogP contribution in [0, 0.1) is 12.8 Å². The van der Waals surface area contributed by atoms with Crippen molar-refractivity contribution in [3.8, 4) is 0 Å². The van der Waals surface area contributed by atoms with Crippen LogP contribution in [-0.4, -0.2) is 31.0 Å². The van der Waals surface area contributed by atoms with Gasteiger partial charge in [0.1, 0.15) is 0 Å². The maximum atomic E-state index is 5.04. The van der Waals surface area contributed by atoms with E-state index in [9.17, 15) is 0 Å². The van der Waals surface area contributed by atoms with Crippen molar-refractivity contribution in [2.75, 3.05) is 26.0 Å². The first-order valence-electron chi connectivity index (χ1n) is 6.41. The molecule has 0 aliphatic heterocycles. The number of rotatable bonds is 8. The Labute approximate surface area is 115 Å². The Bertz CT molecular complexity index is 356. The highest BCUT2D eigenvalue weighted by molar-refractivity contribution is 7.99. The zero-order chi connectivity index (χ0) is 13.4. The van der Waals surface area contributed by atoms with Crippen LogP contribution < -0.4 is 5.32 Å². The molecule has 0 spiro atoms. The highest BCUT2D eigenvalue weighted by atomic mass is 32.2. The molecule has 0 radical (unpaired) electrons. The summed E-state index contributed by atoms with van der Waals surface area (Å²) in [4.78, 5) is 4.52. The lowest BCUT2D eigenvalue weighted by Gasteiger charge is -2.09. The van der Waals surface area contributed by atoms with Gasteiger partial charge in [0.15, 0.2) is 0 Å². The van der Waals surface area contributed by atoms with Gasteiger partial charge in [0.2, 0.25) is 0 Å². The lowest BCUT2D eigenvalue weighted by Crippen LogP contribution is -2.19. The Kier molecular flexibility index (Phi) is 7.32. The van der Waals surface area contributed by atoms with Gasteiger partial charge in [-0.25, -0.2) is 4.98 Å². The molecule has 0 atom stereocenters. The number of ether oxygens (including phenoxy) is 1. The van der Waals surface area contributed by atoms with Crippen molar-refractivity contribution in [2.24, 2.45) is 5.92 Å². The highest BCUT2D eigenvalue weighted by Gasteiger charge is 2.03. The Morgan fingerprint density at radius 1 is 1.44 bits per heavy atom. The number of hydrogen-bond acceptors (Lipinski definition) is 4. The van der Waals surface area contributed by atoms with E-state index in [0.717, 1.165) is 30.5 Å². The molecule has 0 aliphatic carbocycles. The minimum absolute atomic E-state index is 0.683. The van der Waals surface area contributed by atoms with Crippen LogP contribution in [0.3, 0.4) is 0 Å². The van der Waals surface area contributed by atoms with E-state index in [1.165, 1.54) is 11.1 Å². The van der Waals surface area contributed by atoms with E-state index in [1.807, 2.05) is 6.20 Å². The van der Waals surface area contributed by atoms with Crippen LogP contribution in [0.25, 0.3) is 0 Å². The van der Waals surface area contributed by atoms with Gasteiger partial charge in [-0.1, -0.05) is 19.9 Å². The fourth-order valence-corrected chi connectivity index (χ4v) is 2.45. The first-order chi connectivity index (χ1) is 8.63. The van der Waals surface area contributed by atoms with Gasteiger partial charge in [0.25, 0.3) is 0 Å². The van der Waals surface area contributed by atoms with E-state index in [4.69, 9.17) is 4.74 Å². The van der Waals surface area contributed by atoms with E-state index >= 15 is 0 Å². The number of pyridine rings is 1. The van der Waals surface area contributed by atoms with Crippen molar-refractivity contribution >= 4 is 11.8 Å². The summed E-state index contributed by atoms with van der Waals surface area (Å²) in [5.41, 5.74) is 2.50. The van der Waals surface area contributed by atoms with Gasteiger partial charge < -0.3 is 10.1 Å². The summed E-state index contributed by atoms with van der Waals surface area (Å²) in [7, 11) is 1.73. The van der Waals surface area contributed by atoms with Gasteiger partial charge in [-0.05, 0) is 30.5 Å². The minimum atomic E-state index is 0.683. The fraction of sp³-hybridized carbons (Fsp3) is 0.643. The average Bonchev–Trinajstić information content (AvgIpc) is 2.31. The molecule has 102 valence electrons. The Balaban J connectivity index is 2.45. The highest BCUT2D eigenvalue weighted by Crippen LogP contribution is 2.20. The fourth-order valence-electron chi connectivity index (χ4n) is 1.60. The summed E-state index contributed by atoms with van der Waals surface area (Å²) in [6.45, 7) is 9.26. The first-order valence-corrected chi connectivity index (χ1v) is 7.40. The molecule has 0 saturated carbocycles. The topological polar surface area (TPSA) is 34.1 Å². The van der Waals surface area contributed by atoms with E-state index < -0.39 is 0 Å². The molecule has 0 aromatic carbocycles. The van der Waals surface area contributed by atoms with E-state index in [2.05, 4.69) is 37.1 Å². The molecule has 3 nitrogen and oxygen atoms in total. The number of aromatic nitrogens is 1. The number of methoxy groups -OCH3 is 1. The molecule has 1 aromatic heterocycles. The normalized spacial score (nSPS) is 11.2. The molecule has 0 unspecified atom stereocenters. The number of aryl methyl sites for hydroxylation is 1. The zero-order valence-corrected chi connectivity index (χ0v) is 12.6. The average molecular weight is 268 g/mol. The Morgan fingerprint density at radius 3 is 2.83 bits per heavy atom. The van der Waals surface area contributed by atoms with Crippen LogP contribution in [0.1, 0.15) is 25.0 Å². The van der Waals surface area contributed by atoms with Gasteiger partial charge >= 0.3 is 0 Å². The molecular formula is C14H24N2OS. The third-order valence-electron chi connectivity index (χ3n) is 2.49. The van der Waals surface area contributed by atoms with Crippen molar-refractivity contribution < 1.29 is 4.74 Å². The van der Waals surface area contributed by atoms with Crippen LogP contribution in [0.2, 0.25) is 0 Å². The van der Waals surface area contributed by atoms with Gasteiger partial charge in [0, 0.05) is 25.6 Å². The number of nitrogens with one attached hydrogen (secondary N) is 1. The maximum Gasteiger partial charge on any atom is 0.0990 e. The van der Waals surface area contributed by atoms with Crippen LogP contribution in [-0.2, 0) is 11.3 Å². The van der Waals surface area contributed by atoms with Crippen molar-refractivity contribution in [3.05, 3.63) is 23.4 Å². The summed E-state index contributed by atoms with van der Waals surface area (Å²) >= 11 is 1.75. The lowest BCUT2D eigenvalue weighted by molar-refractivity contribution is 0.218. The molecule has 1 heterocycles. The standard InChI is InChI=1S/C14H24N2OS/c1-11(2)8-15-9-13-7-12(3)14(16-10-13)18-6-5-17-4/h7,10-11,15H,5-6,8-9H2,1-4H3. The van der Waals surface area contributed by atoms with Gasteiger partial charge in [0.05, 0.1) is 11.6 Å².